The fourth-order valence-corrected chi connectivity index (χ4v) is 2.49. The van der Waals surface area contributed by atoms with Crippen LogP contribution in [0.25, 0.3) is 0 Å². The lowest BCUT2D eigenvalue weighted by Gasteiger charge is -2.15. The molecule has 2 rings (SSSR count). The van der Waals surface area contributed by atoms with Gasteiger partial charge in [-0.05, 0) is 25.8 Å². The number of ether oxygens (including phenoxy) is 2. The molecule has 138 valence electrons. The molecule has 2 N–H and O–H groups in total. The number of halogens is 2. The van der Waals surface area contributed by atoms with Gasteiger partial charge < -0.3 is 20.1 Å². The summed E-state index contributed by atoms with van der Waals surface area (Å²) in [6.07, 6.45) is 4.01. The molecule has 0 atom stereocenters. The van der Waals surface area contributed by atoms with Gasteiger partial charge in [0.2, 0.25) is 0 Å². The van der Waals surface area contributed by atoms with Crippen molar-refractivity contribution in [1.29, 1.82) is 0 Å². The second-order valence-electron chi connectivity index (χ2n) is 5.55. The number of nitrogens with zero attached hydrogens (tertiary/aromatic N) is 1. The molecular formula is C18H25F2N3O2. The van der Waals surface area contributed by atoms with Gasteiger partial charge in [-0.25, -0.2) is 4.99 Å². The molecule has 1 heterocycles. The summed E-state index contributed by atoms with van der Waals surface area (Å²) in [5, 5.41) is 6.42. The van der Waals surface area contributed by atoms with Crippen molar-refractivity contribution in [3.05, 3.63) is 41.5 Å². The minimum atomic E-state index is -2.84. The van der Waals surface area contributed by atoms with Crippen LogP contribution in [0.15, 0.2) is 40.9 Å². The number of para-hydroxylation sites is 1. The minimum Gasteiger partial charge on any atom is -0.434 e. The summed E-state index contributed by atoms with van der Waals surface area (Å²) in [6, 6.07) is 6.70. The van der Waals surface area contributed by atoms with Gasteiger partial charge >= 0.3 is 6.61 Å². The number of nitrogens with one attached hydrogen (secondary N) is 2. The molecule has 1 aliphatic rings. The number of benzene rings is 1. The summed E-state index contributed by atoms with van der Waals surface area (Å²) in [4.78, 5) is 4.46. The van der Waals surface area contributed by atoms with E-state index in [2.05, 4.69) is 26.4 Å². The van der Waals surface area contributed by atoms with E-state index in [1.165, 1.54) is 11.6 Å². The molecular weight excluding hydrogens is 328 g/mol. The van der Waals surface area contributed by atoms with Crippen molar-refractivity contribution in [2.75, 3.05) is 26.3 Å². The Morgan fingerprint density at radius 1 is 1.32 bits per heavy atom. The molecule has 0 fully saturated rings. The molecule has 5 nitrogen and oxygen atoms in total. The predicted octanol–water partition coefficient (Wildman–Crippen LogP) is 3.08. The number of guanidine groups is 1. The van der Waals surface area contributed by atoms with Crippen LogP contribution >= 0.6 is 0 Å². The number of hydrogen-bond acceptors (Lipinski definition) is 3. The number of aliphatic imine (C=N–C) groups is 1. The molecule has 0 spiro atoms. The monoisotopic (exact) mass is 353 g/mol. The van der Waals surface area contributed by atoms with Gasteiger partial charge in [0.05, 0.1) is 19.8 Å². The Balaban J connectivity index is 1.91. The second kappa shape index (κ2) is 10.7. The van der Waals surface area contributed by atoms with Gasteiger partial charge in [-0.15, -0.1) is 0 Å². The van der Waals surface area contributed by atoms with Crippen LogP contribution in [-0.2, 0) is 11.3 Å². The summed E-state index contributed by atoms with van der Waals surface area (Å²) in [5.41, 5.74) is 2.00. The van der Waals surface area contributed by atoms with Crippen LogP contribution in [0.1, 0.15) is 25.3 Å². The van der Waals surface area contributed by atoms with E-state index in [9.17, 15) is 8.78 Å². The average Bonchev–Trinajstić information content (AvgIpc) is 2.61. The SMILES string of the molecule is CCNC(=NCc1ccccc1OC(F)F)NCCC1=CCOCC1. The normalized spacial score (nSPS) is 15.0. The standard InChI is InChI=1S/C18H25F2N3O2/c1-2-21-18(22-10-7-14-8-11-24-12-9-14)23-13-15-5-3-4-6-16(15)25-17(19)20/h3-6,8,17H,2,7,9-13H2,1H3,(H2,21,22,23). The van der Waals surface area contributed by atoms with E-state index in [-0.39, 0.29) is 12.3 Å². The van der Waals surface area contributed by atoms with Crippen molar-refractivity contribution >= 4 is 5.96 Å². The highest BCUT2D eigenvalue weighted by Gasteiger charge is 2.09. The molecule has 0 aliphatic carbocycles. The van der Waals surface area contributed by atoms with Crippen molar-refractivity contribution in [2.24, 2.45) is 4.99 Å². The maximum Gasteiger partial charge on any atom is 0.387 e. The number of alkyl halides is 2. The number of rotatable bonds is 8. The third-order valence-electron chi connectivity index (χ3n) is 3.74. The van der Waals surface area contributed by atoms with Crippen LogP contribution < -0.4 is 15.4 Å². The molecule has 1 aromatic carbocycles. The lowest BCUT2D eigenvalue weighted by atomic mass is 10.1. The van der Waals surface area contributed by atoms with E-state index < -0.39 is 6.61 Å². The van der Waals surface area contributed by atoms with Crippen molar-refractivity contribution in [2.45, 2.75) is 32.9 Å². The molecule has 0 bridgehead atoms. The van der Waals surface area contributed by atoms with E-state index in [0.29, 0.717) is 18.1 Å². The molecule has 0 saturated carbocycles. The van der Waals surface area contributed by atoms with Crippen LogP contribution in [-0.4, -0.2) is 38.9 Å². The maximum atomic E-state index is 12.5. The van der Waals surface area contributed by atoms with E-state index in [4.69, 9.17) is 4.74 Å². The second-order valence-corrected chi connectivity index (χ2v) is 5.55. The molecule has 0 saturated heterocycles. The first-order valence-electron chi connectivity index (χ1n) is 8.49. The van der Waals surface area contributed by atoms with E-state index in [1.807, 2.05) is 6.92 Å². The van der Waals surface area contributed by atoms with Crippen molar-refractivity contribution in [3.63, 3.8) is 0 Å². The third kappa shape index (κ3) is 7.09. The lowest BCUT2D eigenvalue weighted by molar-refractivity contribution is -0.0504. The zero-order valence-corrected chi connectivity index (χ0v) is 14.4. The first-order chi connectivity index (χ1) is 12.2. The summed E-state index contributed by atoms with van der Waals surface area (Å²) in [7, 11) is 0. The van der Waals surface area contributed by atoms with Gasteiger partial charge in [0.15, 0.2) is 5.96 Å². The Kier molecular flexibility index (Phi) is 8.18. The van der Waals surface area contributed by atoms with Crippen LogP contribution in [0.4, 0.5) is 8.78 Å². The third-order valence-corrected chi connectivity index (χ3v) is 3.74. The van der Waals surface area contributed by atoms with E-state index in [1.54, 1.807) is 18.2 Å². The Morgan fingerprint density at radius 2 is 2.16 bits per heavy atom. The topological polar surface area (TPSA) is 54.9 Å². The Hall–Kier alpha value is -2.15. The van der Waals surface area contributed by atoms with Gasteiger partial charge in [0, 0.05) is 18.7 Å². The summed E-state index contributed by atoms with van der Waals surface area (Å²) in [6.45, 7) is 2.33. The zero-order chi connectivity index (χ0) is 17.9. The first kappa shape index (κ1) is 19.2. The lowest BCUT2D eigenvalue weighted by Crippen LogP contribution is -2.38. The van der Waals surface area contributed by atoms with E-state index in [0.717, 1.165) is 32.5 Å². The predicted molar refractivity (Wildman–Crippen MR) is 94.0 cm³/mol. The highest BCUT2D eigenvalue weighted by atomic mass is 19.3. The maximum absolute atomic E-state index is 12.5. The average molecular weight is 353 g/mol. The van der Waals surface area contributed by atoms with Crippen LogP contribution in [0.2, 0.25) is 0 Å². The molecule has 7 heteroatoms. The Morgan fingerprint density at radius 3 is 2.88 bits per heavy atom. The van der Waals surface area contributed by atoms with Crippen LogP contribution in [0.5, 0.6) is 5.75 Å². The molecule has 1 aromatic rings. The van der Waals surface area contributed by atoms with Crippen molar-refractivity contribution in [1.82, 2.24) is 10.6 Å². The zero-order valence-electron chi connectivity index (χ0n) is 14.4. The Labute approximate surface area is 147 Å². The first-order valence-corrected chi connectivity index (χ1v) is 8.49. The molecule has 0 radical (unpaired) electrons. The molecule has 25 heavy (non-hydrogen) atoms. The molecule has 0 unspecified atom stereocenters. The largest absolute Gasteiger partial charge is 0.434 e. The van der Waals surface area contributed by atoms with Crippen LogP contribution in [0.3, 0.4) is 0 Å². The van der Waals surface area contributed by atoms with Crippen LogP contribution in [0, 0.1) is 0 Å². The fourth-order valence-electron chi connectivity index (χ4n) is 2.49. The summed E-state index contributed by atoms with van der Waals surface area (Å²) in [5.74, 6) is 0.812. The van der Waals surface area contributed by atoms with Gasteiger partial charge in [0.25, 0.3) is 0 Å². The molecule has 0 aromatic heterocycles. The summed E-state index contributed by atoms with van der Waals surface area (Å²) < 4.78 is 34.8. The van der Waals surface area contributed by atoms with Crippen molar-refractivity contribution < 1.29 is 18.3 Å². The smallest absolute Gasteiger partial charge is 0.387 e. The van der Waals surface area contributed by atoms with E-state index >= 15 is 0 Å². The van der Waals surface area contributed by atoms with Gasteiger partial charge in [-0.1, -0.05) is 29.8 Å². The number of hydrogen-bond donors (Lipinski definition) is 2. The molecule has 0 amide bonds. The molecule has 1 aliphatic heterocycles. The van der Waals surface area contributed by atoms with Crippen molar-refractivity contribution in [3.8, 4) is 5.75 Å². The fraction of sp³-hybridized carbons (Fsp3) is 0.500. The van der Waals surface area contributed by atoms with Gasteiger partial charge in [-0.3, -0.25) is 0 Å². The summed E-state index contributed by atoms with van der Waals surface area (Å²) >= 11 is 0. The quantitative estimate of drug-likeness (QED) is 0.428. The highest BCUT2D eigenvalue weighted by Crippen LogP contribution is 2.20. The Bertz CT molecular complexity index is 591. The van der Waals surface area contributed by atoms with Gasteiger partial charge in [0.1, 0.15) is 5.75 Å². The highest BCUT2D eigenvalue weighted by molar-refractivity contribution is 5.79. The minimum absolute atomic E-state index is 0.157. The van der Waals surface area contributed by atoms with Gasteiger partial charge in [-0.2, -0.15) is 8.78 Å².